The lowest BCUT2D eigenvalue weighted by molar-refractivity contribution is -0.132. The number of phenols is 1. The molecule has 0 radical (unpaired) electrons. The molecule has 0 aromatic heterocycles. The predicted molar refractivity (Wildman–Crippen MR) is 117 cm³/mol. The number of carbonyl (C=O) groups excluding carboxylic acids is 1. The third-order valence-electron chi connectivity index (χ3n) is 5.60. The molecule has 0 spiro atoms. The van der Waals surface area contributed by atoms with Crippen molar-refractivity contribution in [3.63, 3.8) is 0 Å². The van der Waals surface area contributed by atoms with Gasteiger partial charge in [0.1, 0.15) is 10.6 Å². The van der Waals surface area contributed by atoms with E-state index in [0.717, 1.165) is 11.1 Å². The largest absolute Gasteiger partial charge is 0.507 e. The van der Waals surface area contributed by atoms with E-state index >= 15 is 0 Å². The summed E-state index contributed by atoms with van der Waals surface area (Å²) in [4.78, 5) is 14.2. The maximum atomic E-state index is 12.9. The van der Waals surface area contributed by atoms with Gasteiger partial charge in [0.25, 0.3) is 0 Å². The summed E-state index contributed by atoms with van der Waals surface area (Å²) in [5.74, 6) is 0.274. The van der Waals surface area contributed by atoms with Crippen molar-refractivity contribution < 1.29 is 18.3 Å². The molecule has 0 aliphatic carbocycles. The second kappa shape index (κ2) is 9.18. The third kappa shape index (κ3) is 5.02. The van der Waals surface area contributed by atoms with E-state index in [9.17, 15) is 18.3 Å². The number of hydrogen-bond donors (Lipinski definition) is 1. The van der Waals surface area contributed by atoms with Crippen LogP contribution in [0.15, 0.2) is 47.4 Å². The van der Waals surface area contributed by atoms with Crippen LogP contribution in [0.4, 0.5) is 0 Å². The number of amides is 1. The topological polar surface area (TPSA) is 77.9 Å². The van der Waals surface area contributed by atoms with Crippen LogP contribution in [0.5, 0.6) is 5.75 Å². The van der Waals surface area contributed by atoms with Crippen molar-refractivity contribution in [2.24, 2.45) is 0 Å². The molecule has 1 aliphatic heterocycles. The molecule has 1 amide bonds. The first-order valence-electron chi connectivity index (χ1n) is 10.3. The van der Waals surface area contributed by atoms with Crippen LogP contribution in [0.2, 0.25) is 0 Å². The van der Waals surface area contributed by atoms with E-state index in [-0.39, 0.29) is 29.6 Å². The third-order valence-corrected chi connectivity index (χ3v) is 7.53. The number of aromatic hydroxyl groups is 1. The number of hydrogen-bond acceptors (Lipinski definition) is 4. The fourth-order valence-electron chi connectivity index (χ4n) is 3.62. The Balaban J connectivity index is 1.55. The molecule has 2 aromatic rings. The van der Waals surface area contributed by atoms with Crippen molar-refractivity contribution in [3.05, 3.63) is 59.2 Å². The fraction of sp³-hybridized carbons (Fsp3) is 0.435. The van der Waals surface area contributed by atoms with Crippen LogP contribution in [-0.2, 0) is 21.2 Å². The highest BCUT2D eigenvalue weighted by molar-refractivity contribution is 7.89. The van der Waals surface area contributed by atoms with Crippen LogP contribution >= 0.6 is 0 Å². The Bertz CT molecular complexity index is 992. The average molecular weight is 431 g/mol. The molecule has 3 rings (SSSR count). The summed E-state index contributed by atoms with van der Waals surface area (Å²) in [7, 11) is -3.79. The summed E-state index contributed by atoms with van der Waals surface area (Å²) >= 11 is 0. The average Bonchev–Trinajstić information content (AvgIpc) is 2.74. The van der Waals surface area contributed by atoms with E-state index in [1.807, 2.05) is 0 Å². The zero-order valence-corrected chi connectivity index (χ0v) is 18.7. The number of sulfonamides is 1. The van der Waals surface area contributed by atoms with Gasteiger partial charge in [-0.05, 0) is 48.1 Å². The van der Waals surface area contributed by atoms with E-state index in [0.29, 0.717) is 31.8 Å². The van der Waals surface area contributed by atoms with Gasteiger partial charge in [0.05, 0.1) is 0 Å². The first kappa shape index (κ1) is 22.3. The molecule has 2 aromatic carbocycles. The van der Waals surface area contributed by atoms with Gasteiger partial charge in [-0.15, -0.1) is 0 Å². The minimum Gasteiger partial charge on any atom is -0.507 e. The van der Waals surface area contributed by atoms with Gasteiger partial charge < -0.3 is 10.0 Å². The van der Waals surface area contributed by atoms with Crippen LogP contribution in [0.25, 0.3) is 0 Å². The van der Waals surface area contributed by atoms with Crippen molar-refractivity contribution in [1.82, 2.24) is 9.21 Å². The Morgan fingerprint density at radius 2 is 1.67 bits per heavy atom. The molecule has 0 saturated carbocycles. The highest BCUT2D eigenvalue weighted by Gasteiger charge is 2.31. The summed E-state index contributed by atoms with van der Waals surface area (Å²) in [5, 5.41) is 10.00. The van der Waals surface area contributed by atoms with Gasteiger partial charge in [-0.3, -0.25) is 4.79 Å². The maximum absolute atomic E-state index is 12.9. The van der Waals surface area contributed by atoms with Crippen LogP contribution in [0.3, 0.4) is 0 Å². The Labute approximate surface area is 179 Å². The predicted octanol–water partition coefficient (Wildman–Crippen LogP) is 3.29. The van der Waals surface area contributed by atoms with Crippen molar-refractivity contribution >= 4 is 15.9 Å². The monoisotopic (exact) mass is 430 g/mol. The minimum atomic E-state index is -3.79. The summed E-state index contributed by atoms with van der Waals surface area (Å²) in [5.41, 5.74) is 3.17. The van der Waals surface area contributed by atoms with E-state index < -0.39 is 10.0 Å². The first-order valence-corrected chi connectivity index (χ1v) is 11.8. The molecular formula is C23H30N2O4S. The maximum Gasteiger partial charge on any atom is 0.246 e. The second-order valence-corrected chi connectivity index (χ2v) is 10.1. The SMILES string of the molecule is Cc1ccc(O)c(S(=O)(=O)N2CCN(C(=O)CCc3ccc(C(C)C)cc3)CC2)c1. The molecule has 1 saturated heterocycles. The van der Waals surface area contributed by atoms with Crippen LogP contribution in [0, 0.1) is 6.92 Å². The summed E-state index contributed by atoms with van der Waals surface area (Å²) in [6.07, 6.45) is 1.08. The first-order chi connectivity index (χ1) is 14.2. The molecule has 0 unspecified atom stereocenters. The molecule has 7 heteroatoms. The zero-order chi connectivity index (χ0) is 21.9. The molecule has 162 valence electrons. The van der Waals surface area contributed by atoms with E-state index in [4.69, 9.17) is 0 Å². The number of aryl methyl sites for hydroxylation is 2. The van der Waals surface area contributed by atoms with E-state index in [1.54, 1.807) is 17.9 Å². The molecule has 6 nitrogen and oxygen atoms in total. The highest BCUT2D eigenvalue weighted by Crippen LogP contribution is 2.27. The van der Waals surface area contributed by atoms with Crippen molar-refractivity contribution in [2.45, 2.75) is 44.4 Å². The normalized spacial score (nSPS) is 15.5. The standard InChI is InChI=1S/C23H30N2O4S/c1-17(2)20-8-5-19(6-9-20)7-11-23(27)24-12-14-25(15-13-24)30(28,29)22-16-18(3)4-10-21(22)26/h4-6,8-10,16-17,26H,7,11-15H2,1-3H3. The lowest BCUT2D eigenvalue weighted by Crippen LogP contribution is -2.50. The number of carbonyl (C=O) groups is 1. The number of phenolic OH excluding ortho intramolecular Hbond substituents is 1. The van der Waals surface area contributed by atoms with Gasteiger partial charge in [0, 0.05) is 32.6 Å². The lowest BCUT2D eigenvalue weighted by Gasteiger charge is -2.34. The Hall–Kier alpha value is -2.38. The van der Waals surface area contributed by atoms with Crippen LogP contribution in [0.1, 0.15) is 42.9 Å². The Kier molecular flexibility index (Phi) is 6.83. The van der Waals surface area contributed by atoms with Crippen LogP contribution in [-0.4, -0.2) is 54.8 Å². The summed E-state index contributed by atoms with van der Waals surface area (Å²) in [6, 6.07) is 12.9. The molecule has 1 N–H and O–H groups in total. The van der Waals surface area contributed by atoms with Gasteiger partial charge in [-0.1, -0.05) is 44.2 Å². The molecule has 1 fully saturated rings. The number of benzene rings is 2. The van der Waals surface area contributed by atoms with Crippen LogP contribution < -0.4 is 0 Å². The summed E-state index contributed by atoms with van der Waals surface area (Å²) in [6.45, 7) is 7.26. The zero-order valence-electron chi connectivity index (χ0n) is 17.8. The van der Waals surface area contributed by atoms with Crippen molar-refractivity contribution in [1.29, 1.82) is 0 Å². The molecule has 0 bridgehead atoms. The molecular weight excluding hydrogens is 400 g/mol. The van der Waals surface area contributed by atoms with Crippen molar-refractivity contribution in [2.75, 3.05) is 26.2 Å². The Morgan fingerprint density at radius 1 is 1.03 bits per heavy atom. The highest BCUT2D eigenvalue weighted by atomic mass is 32.2. The molecule has 1 aliphatic rings. The van der Waals surface area contributed by atoms with Gasteiger partial charge in [-0.25, -0.2) is 8.42 Å². The number of rotatable bonds is 6. The van der Waals surface area contributed by atoms with Crippen molar-refractivity contribution in [3.8, 4) is 5.75 Å². The van der Waals surface area contributed by atoms with Gasteiger partial charge in [-0.2, -0.15) is 4.31 Å². The number of nitrogens with zero attached hydrogens (tertiary/aromatic N) is 2. The van der Waals surface area contributed by atoms with Gasteiger partial charge in [0.15, 0.2) is 0 Å². The minimum absolute atomic E-state index is 0.0402. The fourth-order valence-corrected chi connectivity index (χ4v) is 5.21. The van der Waals surface area contributed by atoms with E-state index in [1.165, 1.54) is 22.0 Å². The lowest BCUT2D eigenvalue weighted by atomic mass is 10.00. The van der Waals surface area contributed by atoms with Gasteiger partial charge in [0.2, 0.25) is 15.9 Å². The smallest absolute Gasteiger partial charge is 0.246 e. The molecule has 30 heavy (non-hydrogen) atoms. The number of piperazine rings is 1. The molecule has 1 heterocycles. The quantitative estimate of drug-likeness (QED) is 0.763. The molecule has 0 atom stereocenters. The Morgan fingerprint density at radius 3 is 2.27 bits per heavy atom. The second-order valence-electron chi connectivity index (χ2n) is 8.15. The summed E-state index contributed by atoms with van der Waals surface area (Å²) < 4.78 is 27.1. The van der Waals surface area contributed by atoms with E-state index in [2.05, 4.69) is 38.1 Å². The van der Waals surface area contributed by atoms with Gasteiger partial charge >= 0.3 is 0 Å².